The van der Waals surface area contributed by atoms with Gasteiger partial charge in [0.2, 0.25) is 0 Å². The van der Waals surface area contributed by atoms with Crippen molar-refractivity contribution in [3.8, 4) is 11.1 Å². The van der Waals surface area contributed by atoms with Crippen molar-refractivity contribution >= 4 is 11.6 Å². The van der Waals surface area contributed by atoms with E-state index in [4.69, 9.17) is 4.52 Å². The molecule has 5 nitrogen and oxygen atoms in total. The molecular weight excluding hydrogens is 292 g/mol. The van der Waals surface area contributed by atoms with Crippen LogP contribution in [-0.2, 0) is 10.4 Å². The van der Waals surface area contributed by atoms with Gasteiger partial charge in [-0.05, 0) is 50.8 Å². The van der Waals surface area contributed by atoms with Crippen LogP contribution in [0.1, 0.15) is 36.3 Å². The molecule has 120 valence electrons. The monoisotopic (exact) mass is 312 g/mol. The molecule has 1 amide bonds. The van der Waals surface area contributed by atoms with Gasteiger partial charge in [0.15, 0.2) is 5.60 Å². The van der Waals surface area contributed by atoms with Crippen molar-refractivity contribution in [2.24, 2.45) is 0 Å². The molecule has 0 fully saturated rings. The minimum atomic E-state index is -1.49. The molecule has 0 radical (unpaired) electrons. The number of anilines is 1. The maximum atomic E-state index is 12.3. The number of hydrogen-bond acceptors (Lipinski definition) is 4. The highest BCUT2D eigenvalue weighted by Crippen LogP contribution is 2.42. The first kappa shape index (κ1) is 15.5. The van der Waals surface area contributed by atoms with E-state index < -0.39 is 5.60 Å². The van der Waals surface area contributed by atoms with Crippen molar-refractivity contribution in [3.63, 3.8) is 0 Å². The van der Waals surface area contributed by atoms with Crippen LogP contribution >= 0.6 is 0 Å². The topological polar surface area (TPSA) is 75.4 Å². The van der Waals surface area contributed by atoms with Crippen molar-refractivity contribution in [2.75, 3.05) is 5.32 Å². The van der Waals surface area contributed by atoms with Crippen LogP contribution in [0, 0.1) is 13.8 Å². The Bertz CT molecular complexity index is 759. The largest absolute Gasteiger partial charge is 0.375 e. The number of hydrogen-bond donors (Lipinski definition) is 2. The second kappa shape index (κ2) is 5.66. The van der Waals surface area contributed by atoms with E-state index in [0.717, 1.165) is 29.0 Å². The smallest absolute Gasteiger partial charge is 0.261 e. The van der Waals surface area contributed by atoms with Crippen LogP contribution < -0.4 is 5.32 Å². The molecule has 0 bridgehead atoms. The highest BCUT2D eigenvalue weighted by Gasteiger charge is 2.44. The van der Waals surface area contributed by atoms with Crippen LogP contribution in [0.3, 0.4) is 0 Å². The molecule has 0 saturated carbocycles. The molecule has 1 aliphatic heterocycles. The third kappa shape index (κ3) is 2.47. The summed E-state index contributed by atoms with van der Waals surface area (Å²) < 4.78 is 5.22. The number of nitrogens with one attached hydrogen (secondary N) is 1. The first-order chi connectivity index (χ1) is 11.0. The Hall–Kier alpha value is -2.40. The second-order valence-electron chi connectivity index (χ2n) is 5.95. The summed E-state index contributed by atoms with van der Waals surface area (Å²) in [6, 6.07) is 5.58. The van der Waals surface area contributed by atoms with Crippen molar-refractivity contribution in [1.82, 2.24) is 5.16 Å². The highest BCUT2D eigenvalue weighted by molar-refractivity contribution is 6.05. The maximum absolute atomic E-state index is 12.3. The van der Waals surface area contributed by atoms with Crippen LogP contribution in [0.15, 0.2) is 35.4 Å². The Morgan fingerprint density at radius 2 is 2.22 bits per heavy atom. The zero-order chi connectivity index (χ0) is 16.6. The molecule has 5 heteroatoms. The molecule has 1 aliphatic rings. The van der Waals surface area contributed by atoms with E-state index in [0.29, 0.717) is 24.1 Å². The third-order valence-corrected chi connectivity index (χ3v) is 4.36. The number of aryl methyl sites for hydroxylation is 2. The Labute approximate surface area is 135 Å². The van der Waals surface area contributed by atoms with Crippen molar-refractivity contribution in [1.29, 1.82) is 0 Å². The summed E-state index contributed by atoms with van der Waals surface area (Å²) in [7, 11) is 0. The van der Waals surface area contributed by atoms with Gasteiger partial charge in [0.05, 0.1) is 5.69 Å². The Kier molecular flexibility index (Phi) is 3.82. The van der Waals surface area contributed by atoms with Crippen LogP contribution in [0.25, 0.3) is 11.1 Å². The van der Waals surface area contributed by atoms with Gasteiger partial charge in [-0.15, -0.1) is 6.58 Å². The lowest BCUT2D eigenvalue weighted by atomic mass is 9.88. The Morgan fingerprint density at radius 3 is 2.87 bits per heavy atom. The summed E-state index contributed by atoms with van der Waals surface area (Å²) >= 11 is 0. The normalized spacial score (nSPS) is 19.5. The number of unbranched alkanes of at least 4 members (excludes halogenated alkanes) is 1. The van der Waals surface area contributed by atoms with E-state index in [1.807, 2.05) is 32.0 Å². The fourth-order valence-corrected chi connectivity index (χ4v) is 3.14. The Balaban J connectivity index is 2.04. The molecule has 0 saturated heterocycles. The average molecular weight is 312 g/mol. The quantitative estimate of drug-likeness (QED) is 0.655. The molecule has 1 aromatic heterocycles. The number of benzene rings is 1. The van der Waals surface area contributed by atoms with Gasteiger partial charge < -0.3 is 14.9 Å². The molecule has 1 unspecified atom stereocenters. The molecule has 0 aliphatic carbocycles. The van der Waals surface area contributed by atoms with Gasteiger partial charge in [-0.2, -0.15) is 0 Å². The Morgan fingerprint density at radius 1 is 1.43 bits per heavy atom. The number of aromatic nitrogens is 1. The molecule has 2 heterocycles. The fourth-order valence-electron chi connectivity index (χ4n) is 3.14. The van der Waals surface area contributed by atoms with Gasteiger partial charge in [0, 0.05) is 16.8 Å². The standard InChI is InChI=1S/C18H20N2O3/c1-4-5-6-9-18(22)14-10-13(7-8-15(14)19-17(18)21)16-11(2)20-23-12(16)3/h4,7-8,10,22H,1,5-6,9H2,2-3H3,(H,19,21). The zero-order valence-corrected chi connectivity index (χ0v) is 13.3. The molecule has 1 atom stereocenters. The first-order valence-corrected chi connectivity index (χ1v) is 7.70. The molecule has 23 heavy (non-hydrogen) atoms. The van der Waals surface area contributed by atoms with Crippen molar-refractivity contribution in [3.05, 3.63) is 47.9 Å². The molecular formula is C18H20N2O3. The SMILES string of the molecule is C=CCCCC1(O)C(=O)Nc2ccc(-c3c(C)noc3C)cc21. The summed E-state index contributed by atoms with van der Waals surface area (Å²) in [5.41, 5.74) is 2.36. The zero-order valence-electron chi connectivity index (χ0n) is 13.3. The molecule has 3 rings (SSSR count). The minimum absolute atomic E-state index is 0.364. The predicted octanol–water partition coefficient (Wildman–Crippen LogP) is 3.45. The van der Waals surface area contributed by atoms with Crippen molar-refractivity contribution < 1.29 is 14.4 Å². The number of amides is 1. The number of carbonyl (C=O) groups is 1. The van der Waals surface area contributed by atoms with Gasteiger partial charge >= 0.3 is 0 Å². The summed E-state index contributed by atoms with van der Waals surface area (Å²) in [6.45, 7) is 7.40. The summed E-state index contributed by atoms with van der Waals surface area (Å²) in [6.07, 6.45) is 3.61. The lowest BCUT2D eigenvalue weighted by Crippen LogP contribution is -2.34. The van der Waals surface area contributed by atoms with Crippen molar-refractivity contribution in [2.45, 2.75) is 38.7 Å². The van der Waals surface area contributed by atoms with Gasteiger partial charge in [-0.3, -0.25) is 4.79 Å². The lowest BCUT2D eigenvalue weighted by Gasteiger charge is -2.21. The van der Waals surface area contributed by atoms with Gasteiger partial charge in [0.25, 0.3) is 5.91 Å². The van der Waals surface area contributed by atoms with E-state index in [-0.39, 0.29) is 5.91 Å². The molecule has 2 aromatic rings. The highest BCUT2D eigenvalue weighted by atomic mass is 16.5. The average Bonchev–Trinajstić information content (AvgIpc) is 2.98. The lowest BCUT2D eigenvalue weighted by molar-refractivity contribution is -0.134. The number of aliphatic hydroxyl groups is 1. The van der Waals surface area contributed by atoms with E-state index in [1.165, 1.54) is 0 Å². The van der Waals surface area contributed by atoms with Crippen LogP contribution in [0.5, 0.6) is 0 Å². The summed E-state index contributed by atoms with van der Waals surface area (Å²) in [5.74, 6) is 0.349. The molecule has 1 aromatic carbocycles. The van der Waals surface area contributed by atoms with Gasteiger partial charge in [0.1, 0.15) is 5.76 Å². The number of allylic oxidation sites excluding steroid dienone is 1. The molecule has 2 N–H and O–H groups in total. The number of rotatable bonds is 5. The van der Waals surface area contributed by atoms with Gasteiger partial charge in [-0.1, -0.05) is 17.3 Å². The number of carbonyl (C=O) groups excluding carboxylic acids is 1. The molecule has 0 spiro atoms. The minimum Gasteiger partial charge on any atom is -0.375 e. The van der Waals surface area contributed by atoms with E-state index in [9.17, 15) is 9.90 Å². The number of fused-ring (bicyclic) bond motifs is 1. The van der Waals surface area contributed by atoms with E-state index in [2.05, 4.69) is 17.1 Å². The van der Waals surface area contributed by atoms with Crippen LogP contribution in [-0.4, -0.2) is 16.2 Å². The fraction of sp³-hybridized carbons (Fsp3) is 0.333. The van der Waals surface area contributed by atoms with Crippen LogP contribution in [0.2, 0.25) is 0 Å². The maximum Gasteiger partial charge on any atom is 0.261 e. The third-order valence-electron chi connectivity index (χ3n) is 4.36. The van der Waals surface area contributed by atoms with Crippen LogP contribution in [0.4, 0.5) is 5.69 Å². The first-order valence-electron chi connectivity index (χ1n) is 7.70. The van der Waals surface area contributed by atoms with E-state index in [1.54, 1.807) is 6.08 Å². The second-order valence-corrected chi connectivity index (χ2v) is 5.95. The number of nitrogens with zero attached hydrogens (tertiary/aromatic N) is 1. The summed E-state index contributed by atoms with van der Waals surface area (Å²) in [4.78, 5) is 12.3. The summed E-state index contributed by atoms with van der Waals surface area (Å²) in [5, 5.41) is 17.6. The predicted molar refractivity (Wildman–Crippen MR) is 88.0 cm³/mol. The van der Waals surface area contributed by atoms with E-state index >= 15 is 0 Å². The van der Waals surface area contributed by atoms with Gasteiger partial charge in [-0.25, -0.2) is 0 Å².